The molecule has 0 spiro atoms. The fraction of sp³-hybridized carbons (Fsp3) is 0.769. The maximum Gasteiger partial charge on any atom is 0.241 e. The van der Waals surface area contributed by atoms with Gasteiger partial charge in [-0.05, 0) is 19.3 Å². The Morgan fingerprint density at radius 3 is 3.00 bits per heavy atom. The summed E-state index contributed by atoms with van der Waals surface area (Å²) in [6, 6.07) is -0.695. The van der Waals surface area contributed by atoms with E-state index >= 15 is 0 Å². The fourth-order valence-electron chi connectivity index (χ4n) is 3.63. The lowest BCUT2D eigenvalue weighted by molar-refractivity contribution is -0.135. The lowest BCUT2D eigenvalue weighted by atomic mass is 9.91. The lowest BCUT2D eigenvalue weighted by Gasteiger charge is -2.38. The number of carbonyl (C=O) groups excluding carboxylic acids is 1. The number of aromatic amines is 1. The maximum atomic E-state index is 12.9. The van der Waals surface area contributed by atoms with Crippen LogP contribution >= 0.6 is 0 Å². The molecule has 0 saturated carbocycles. The smallest absolute Gasteiger partial charge is 0.241 e. The summed E-state index contributed by atoms with van der Waals surface area (Å²) in [5.74, 6) is -0.143. The molecule has 1 amide bonds. The quantitative estimate of drug-likeness (QED) is 0.714. The maximum absolute atomic E-state index is 12.9. The van der Waals surface area contributed by atoms with Crippen LogP contribution in [0, 0.1) is 5.92 Å². The molecule has 2 saturated heterocycles. The van der Waals surface area contributed by atoms with Gasteiger partial charge in [-0.1, -0.05) is 0 Å². The summed E-state index contributed by atoms with van der Waals surface area (Å²) in [5, 5.41) is 10.3. The first-order chi connectivity index (χ1) is 11.1. The van der Waals surface area contributed by atoms with Crippen LogP contribution in [0.4, 0.5) is 0 Å². The third-order valence-electron chi connectivity index (χ3n) is 4.59. The van der Waals surface area contributed by atoms with E-state index < -0.39 is 17.3 Å². The second-order valence-electron chi connectivity index (χ2n) is 6.00. The molecule has 23 heavy (non-hydrogen) atoms. The molecule has 0 aliphatic carbocycles. The monoisotopic (exact) mass is 343 g/mol. The first kappa shape index (κ1) is 16.5. The normalized spacial score (nSPS) is 30.3. The molecule has 1 aromatic rings. The predicted molar refractivity (Wildman–Crippen MR) is 81.2 cm³/mol. The van der Waals surface area contributed by atoms with E-state index in [9.17, 15) is 13.6 Å². The number of ether oxygens (including phenoxy) is 1. The van der Waals surface area contributed by atoms with Gasteiger partial charge < -0.3 is 9.64 Å². The van der Waals surface area contributed by atoms with Gasteiger partial charge >= 0.3 is 0 Å². The molecule has 4 atom stereocenters. The number of methoxy groups -OCH3 is 1. The van der Waals surface area contributed by atoms with Gasteiger partial charge in [-0.15, -0.1) is 0 Å². The first-order valence-electron chi connectivity index (χ1n) is 7.63. The molecule has 128 valence electrons. The SMILES string of the molecule is COC[C@H]1CN(Cc2cn[nH]n2)C(=O)C2CCC[C@@H]1N2S(=O)O. The highest BCUT2D eigenvalue weighted by Crippen LogP contribution is 2.34. The van der Waals surface area contributed by atoms with Gasteiger partial charge in [0.1, 0.15) is 11.7 Å². The van der Waals surface area contributed by atoms with Crippen LogP contribution in [0.3, 0.4) is 0 Å². The number of amides is 1. The van der Waals surface area contributed by atoms with Crippen molar-refractivity contribution < 1.29 is 18.3 Å². The minimum atomic E-state index is -2.17. The summed E-state index contributed by atoms with van der Waals surface area (Å²) in [4.78, 5) is 14.6. The van der Waals surface area contributed by atoms with Gasteiger partial charge in [0.05, 0.1) is 19.3 Å². The molecule has 9 nitrogen and oxygen atoms in total. The highest BCUT2D eigenvalue weighted by atomic mass is 32.2. The molecule has 3 rings (SSSR count). The van der Waals surface area contributed by atoms with E-state index in [2.05, 4.69) is 15.4 Å². The van der Waals surface area contributed by atoms with Crippen molar-refractivity contribution in [3.8, 4) is 0 Å². The Balaban J connectivity index is 1.90. The van der Waals surface area contributed by atoms with Gasteiger partial charge in [0.2, 0.25) is 17.2 Å². The third kappa shape index (κ3) is 3.30. The van der Waals surface area contributed by atoms with Gasteiger partial charge in [-0.2, -0.15) is 19.7 Å². The number of carbonyl (C=O) groups is 1. The molecule has 2 unspecified atom stereocenters. The average molecular weight is 343 g/mol. The van der Waals surface area contributed by atoms with Crippen molar-refractivity contribution in [3.63, 3.8) is 0 Å². The largest absolute Gasteiger partial charge is 0.384 e. The molecular formula is C13H21N5O4S. The van der Waals surface area contributed by atoms with Gasteiger partial charge in [0.25, 0.3) is 0 Å². The molecule has 2 aliphatic heterocycles. The van der Waals surface area contributed by atoms with Crippen LogP contribution in [0.1, 0.15) is 25.0 Å². The zero-order valence-corrected chi connectivity index (χ0v) is 13.7. The molecule has 2 aliphatic rings. The van der Waals surface area contributed by atoms with Crippen LogP contribution in [0.25, 0.3) is 0 Å². The molecule has 0 radical (unpaired) electrons. The van der Waals surface area contributed by atoms with Crippen LogP contribution in [-0.2, 0) is 27.3 Å². The summed E-state index contributed by atoms with van der Waals surface area (Å²) in [7, 11) is 1.61. The van der Waals surface area contributed by atoms with Crippen molar-refractivity contribution in [3.05, 3.63) is 11.9 Å². The first-order valence-corrected chi connectivity index (χ1v) is 8.70. The molecule has 2 bridgehead atoms. The molecule has 0 aromatic carbocycles. The van der Waals surface area contributed by atoms with Crippen molar-refractivity contribution in [2.24, 2.45) is 5.92 Å². The van der Waals surface area contributed by atoms with Gasteiger partial charge in [0.15, 0.2) is 0 Å². The molecular weight excluding hydrogens is 322 g/mol. The number of hydrogen-bond donors (Lipinski definition) is 2. The van der Waals surface area contributed by atoms with Crippen molar-refractivity contribution in [1.29, 1.82) is 0 Å². The van der Waals surface area contributed by atoms with Gasteiger partial charge in [-0.3, -0.25) is 9.35 Å². The van der Waals surface area contributed by atoms with E-state index in [4.69, 9.17) is 4.74 Å². The third-order valence-corrected chi connectivity index (χ3v) is 5.47. The van der Waals surface area contributed by atoms with Crippen molar-refractivity contribution in [1.82, 2.24) is 24.6 Å². The van der Waals surface area contributed by atoms with E-state index in [0.717, 1.165) is 12.8 Å². The van der Waals surface area contributed by atoms with Crippen molar-refractivity contribution >= 4 is 17.2 Å². The Morgan fingerprint density at radius 1 is 1.52 bits per heavy atom. The number of aromatic nitrogens is 3. The zero-order chi connectivity index (χ0) is 16.4. The average Bonchev–Trinajstić information content (AvgIpc) is 3.03. The standard InChI is InChI=1S/C13H21N5O4S/c1-22-8-9-6-17(7-10-5-14-16-15-10)13(19)12-4-2-3-11(9)18(12)23(20)21/h5,9,11-12H,2-4,6-8H2,1H3,(H,20,21)(H,14,15,16)/t9-,11+,12?/m1/s1. The van der Waals surface area contributed by atoms with Crippen molar-refractivity contribution in [2.45, 2.75) is 37.9 Å². The summed E-state index contributed by atoms with van der Waals surface area (Å²) in [6.07, 6.45) is 3.84. The van der Waals surface area contributed by atoms with Gasteiger partial charge in [0, 0.05) is 25.6 Å². The number of hydrogen-bond acceptors (Lipinski definition) is 5. The lowest BCUT2D eigenvalue weighted by Crippen LogP contribution is -2.53. The Labute approximate surface area is 136 Å². The van der Waals surface area contributed by atoms with Gasteiger partial charge in [-0.25, -0.2) is 4.21 Å². The second-order valence-corrected chi connectivity index (χ2v) is 6.88. The number of nitrogens with zero attached hydrogens (tertiary/aromatic N) is 4. The van der Waals surface area contributed by atoms with Crippen LogP contribution in [0.2, 0.25) is 0 Å². The Bertz CT molecular complexity index is 569. The Kier molecular flexibility index (Phi) is 5.05. The topological polar surface area (TPSA) is 112 Å². The van der Waals surface area contributed by atoms with Crippen LogP contribution < -0.4 is 0 Å². The predicted octanol–water partition coefficient (Wildman–Crippen LogP) is -0.231. The van der Waals surface area contributed by atoms with E-state index in [1.807, 2.05) is 0 Å². The summed E-state index contributed by atoms with van der Waals surface area (Å²) >= 11 is -2.17. The Hall–Kier alpha value is -1.36. The molecule has 3 heterocycles. The summed E-state index contributed by atoms with van der Waals surface area (Å²) in [5.41, 5.74) is 0.669. The highest BCUT2D eigenvalue weighted by Gasteiger charge is 2.47. The minimum Gasteiger partial charge on any atom is -0.384 e. The van der Waals surface area contributed by atoms with Crippen LogP contribution in [-0.4, -0.2) is 71.6 Å². The second kappa shape index (κ2) is 7.04. The summed E-state index contributed by atoms with van der Waals surface area (Å²) < 4.78 is 28.3. The molecule has 10 heteroatoms. The molecule has 2 fully saturated rings. The number of nitrogens with one attached hydrogen (secondary N) is 1. The Morgan fingerprint density at radius 2 is 2.35 bits per heavy atom. The molecule has 1 aromatic heterocycles. The fourth-order valence-corrected chi connectivity index (χ4v) is 4.55. The van der Waals surface area contributed by atoms with E-state index in [1.54, 1.807) is 18.2 Å². The number of piperidine rings is 1. The number of rotatable bonds is 5. The number of fused-ring (bicyclic) bond motifs is 2. The van der Waals surface area contributed by atoms with Crippen LogP contribution in [0.15, 0.2) is 6.20 Å². The molecule has 2 N–H and O–H groups in total. The van der Waals surface area contributed by atoms with E-state index in [0.29, 0.717) is 31.8 Å². The number of H-pyrrole nitrogens is 1. The minimum absolute atomic E-state index is 0.0164. The van der Waals surface area contributed by atoms with E-state index in [1.165, 1.54) is 4.31 Å². The zero-order valence-electron chi connectivity index (χ0n) is 12.9. The van der Waals surface area contributed by atoms with Crippen LogP contribution in [0.5, 0.6) is 0 Å². The van der Waals surface area contributed by atoms with Crippen molar-refractivity contribution in [2.75, 3.05) is 20.3 Å². The highest BCUT2D eigenvalue weighted by molar-refractivity contribution is 7.76. The van der Waals surface area contributed by atoms with E-state index in [-0.39, 0.29) is 17.9 Å². The summed E-state index contributed by atoms with van der Waals surface area (Å²) in [6.45, 7) is 1.26.